The molecular formula is C23H17N3O6S. The number of hydrogen-bond acceptors (Lipinski definition) is 7. The molecule has 1 amide bonds. The van der Waals surface area contributed by atoms with Crippen molar-refractivity contribution in [3.8, 4) is 11.8 Å². The van der Waals surface area contributed by atoms with Crippen LogP contribution in [0.3, 0.4) is 0 Å². The first kappa shape index (κ1) is 23.2. The first-order valence-corrected chi connectivity index (χ1v) is 10.9. The van der Waals surface area contributed by atoms with E-state index in [1.54, 1.807) is 36.4 Å². The van der Waals surface area contributed by atoms with Gasteiger partial charge in [-0.1, -0.05) is 35.9 Å². The molecule has 0 unspecified atom stereocenters. The van der Waals surface area contributed by atoms with E-state index in [2.05, 4.69) is 5.32 Å². The van der Waals surface area contributed by atoms with E-state index < -0.39 is 20.9 Å². The first-order valence-electron chi connectivity index (χ1n) is 9.47. The molecule has 0 aromatic heterocycles. The Morgan fingerprint density at radius 2 is 1.70 bits per heavy atom. The van der Waals surface area contributed by atoms with Gasteiger partial charge in [-0.25, -0.2) is 0 Å². The van der Waals surface area contributed by atoms with Gasteiger partial charge in [0.2, 0.25) is 0 Å². The molecule has 3 aromatic carbocycles. The highest BCUT2D eigenvalue weighted by atomic mass is 32.2. The number of non-ortho nitro benzene ring substituents is 1. The largest absolute Gasteiger partial charge is 0.378 e. The standard InChI is InChI=1S/C23H17N3O6S/c1-16-6-8-19(9-7-16)25-23(27)18(15-24)14-17-4-2-3-5-22(17)32-33(30,31)21-12-10-20(11-13-21)26(28)29/h2-14H,1H3,(H,25,27). The number of amides is 1. The molecule has 0 heterocycles. The minimum atomic E-state index is -4.33. The van der Waals surface area contributed by atoms with Gasteiger partial charge in [0.05, 0.1) is 4.92 Å². The number of aryl methyl sites for hydroxylation is 1. The quantitative estimate of drug-likeness (QED) is 0.182. The van der Waals surface area contributed by atoms with Crippen LogP contribution >= 0.6 is 0 Å². The number of nitro groups is 1. The highest BCUT2D eigenvalue weighted by Gasteiger charge is 2.20. The Morgan fingerprint density at radius 3 is 2.30 bits per heavy atom. The molecule has 0 saturated heterocycles. The molecule has 0 aliphatic rings. The molecular weight excluding hydrogens is 446 g/mol. The second kappa shape index (κ2) is 9.76. The van der Waals surface area contributed by atoms with Crippen molar-refractivity contribution >= 4 is 33.5 Å². The third kappa shape index (κ3) is 5.81. The van der Waals surface area contributed by atoms with Gasteiger partial charge < -0.3 is 9.50 Å². The molecule has 0 saturated carbocycles. The molecule has 9 nitrogen and oxygen atoms in total. The summed E-state index contributed by atoms with van der Waals surface area (Å²) in [6.07, 6.45) is 1.21. The number of carbonyl (C=O) groups is 1. The highest BCUT2D eigenvalue weighted by molar-refractivity contribution is 7.87. The molecule has 33 heavy (non-hydrogen) atoms. The Balaban J connectivity index is 1.87. The van der Waals surface area contributed by atoms with Crippen LogP contribution in [0, 0.1) is 28.4 Å². The van der Waals surface area contributed by atoms with E-state index in [4.69, 9.17) is 4.18 Å². The minimum absolute atomic E-state index is 0.119. The van der Waals surface area contributed by atoms with E-state index in [9.17, 15) is 28.6 Å². The fraction of sp³-hybridized carbons (Fsp3) is 0.0435. The Labute approximate surface area is 189 Å². The molecule has 3 rings (SSSR count). The number of carbonyl (C=O) groups excluding carboxylic acids is 1. The second-order valence-electron chi connectivity index (χ2n) is 6.82. The number of anilines is 1. The molecule has 166 valence electrons. The van der Waals surface area contributed by atoms with Crippen molar-refractivity contribution in [3.05, 3.63) is 99.6 Å². The van der Waals surface area contributed by atoms with Crippen LogP contribution in [-0.2, 0) is 14.9 Å². The fourth-order valence-electron chi connectivity index (χ4n) is 2.72. The number of para-hydroxylation sites is 1. The molecule has 10 heteroatoms. The molecule has 0 aliphatic heterocycles. The summed E-state index contributed by atoms with van der Waals surface area (Å²) < 4.78 is 30.5. The summed E-state index contributed by atoms with van der Waals surface area (Å²) in [5.74, 6) is -0.791. The number of benzene rings is 3. The average Bonchev–Trinajstić information content (AvgIpc) is 2.79. The summed E-state index contributed by atoms with van der Waals surface area (Å²) in [6.45, 7) is 1.90. The number of nitrogens with zero attached hydrogens (tertiary/aromatic N) is 2. The Bertz CT molecular complexity index is 1370. The maximum absolute atomic E-state index is 12.6. The maximum atomic E-state index is 12.6. The van der Waals surface area contributed by atoms with E-state index in [0.29, 0.717) is 5.69 Å². The van der Waals surface area contributed by atoms with Gasteiger partial charge in [-0.2, -0.15) is 13.7 Å². The fourth-order valence-corrected chi connectivity index (χ4v) is 3.67. The van der Waals surface area contributed by atoms with Gasteiger partial charge in [-0.15, -0.1) is 0 Å². The van der Waals surface area contributed by atoms with E-state index in [1.807, 2.05) is 6.92 Å². The minimum Gasteiger partial charge on any atom is -0.378 e. The van der Waals surface area contributed by atoms with Crippen LogP contribution in [0.1, 0.15) is 11.1 Å². The molecule has 0 atom stereocenters. The monoisotopic (exact) mass is 463 g/mol. The van der Waals surface area contributed by atoms with Crippen molar-refractivity contribution in [2.75, 3.05) is 5.32 Å². The highest BCUT2D eigenvalue weighted by Crippen LogP contribution is 2.26. The van der Waals surface area contributed by atoms with Crippen molar-refractivity contribution in [2.45, 2.75) is 11.8 Å². The molecule has 0 bridgehead atoms. The van der Waals surface area contributed by atoms with E-state index in [1.165, 1.54) is 24.3 Å². The van der Waals surface area contributed by atoms with Gasteiger partial charge in [0, 0.05) is 23.4 Å². The zero-order valence-electron chi connectivity index (χ0n) is 17.3. The number of nitro benzene ring substituents is 1. The molecule has 3 aromatic rings. The van der Waals surface area contributed by atoms with Crippen molar-refractivity contribution in [1.29, 1.82) is 5.26 Å². The van der Waals surface area contributed by atoms with Gasteiger partial charge in [0.1, 0.15) is 22.3 Å². The van der Waals surface area contributed by atoms with Crippen molar-refractivity contribution in [3.63, 3.8) is 0 Å². The van der Waals surface area contributed by atoms with Crippen LogP contribution in [0.2, 0.25) is 0 Å². The van der Waals surface area contributed by atoms with Crippen LogP contribution in [0.25, 0.3) is 6.08 Å². The third-order valence-corrected chi connectivity index (χ3v) is 5.68. The van der Waals surface area contributed by atoms with Crippen LogP contribution in [-0.4, -0.2) is 19.2 Å². The van der Waals surface area contributed by atoms with E-state index in [0.717, 1.165) is 29.8 Å². The van der Waals surface area contributed by atoms with Gasteiger partial charge in [-0.3, -0.25) is 14.9 Å². The van der Waals surface area contributed by atoms with Crippen molar-refractivity contribution in [2.24, 2.45) is 0 Å². The SMILES string of the molecule is Cc1ccc(NC(=O)C(C#N)=Cc2ccccc2OS(=O)(=O)c2ccc([N+](=O)[O-])cc2)cc1. The summed E-state index contributed by atoms with van der Waals surface area (Å²) in [4.78, 5) is 22.4. The molecule has 0 fully saturated rings. The molecule has 0 aliphatic carbocycles. The summed E-state index contributed by atoms with van der Waals surface area (Å²) in [6, 6.07) is 19.0. The lowest BCUT2D eigenvalue weighted by Gasteiger charge is -2.10. The maximum Gasteiger partial charge on any atom is 0.339 e. The Kier molecular flexibility index (Phi) is 6.85. The van der Waals surface area contributed by atoms with Gasteiger partial charge >= 0.3 is 10.1 Å². The predicted octanol–water partition coefficient (Wildman–Crippen LogP) is 4.22. The molecule has 0 radical (unpaired) electrons. The van der Waals surface area contributed by atoms with Crippen molar-refractivity contribution < 1.29 is 22.3 Å². The second-order valence-corrected chi connectivity index (χ2v) is 8.36. The lowest BCUT2D eigenvalue weighted by molar-refractivity contribution is -0.384. The lowest BCUT2D eigenvalue weighted by atomic mass is 10.1. The smallest absolute Gasteiger partial charge is 0.339 e. The van der Waals surface area contributed by atoms with Gasteiger partial charge in [-0.05, 0) is 43.3 Å². The normalized spacial score (nSPS) is 11.3. The average molecular weight is 463 g/mol. The zero-order valence-corrected chi connectivity index (χ0v) is 18.1. The first-order chi connectivity index (χ1) is 15.7. The topological polar surface area (TPSA) is 139 Å². The van der Waals surface area contributed by atoms with Crippen LogP contribution < -0.4 is 9.50 Å². The number of rotatable bonds is 7. The Hall–Kier alpha value is -4.49. The van der Waals surface area contributed by atoms with Gasteiger partial charge in [0.15, 0.2) is 0 Å². The summed E-state index contributed by atoms with van der Waals surface area (Å²) in [5.41, 5.74) is 1.15. The van der Waals surface area contributed by atoms with Crippen LogP contribution in [0.5, 0.6) is 5.75 Å². The molecule has 0 spiro atoms. The summed E-state index contributed by atoms with van der Waals surface area (Å²) in [7, 11) is -4.33. The van der Waals surface area contributed by atoms with Crippen LogP contribution in [0.15, 0.2) is 83.3 Å². The summed E-state index contributed by atoms with van der Waals surface area (Å²) >= 11 is 0. The van der Waals surface area contributed by atoms with E-state index >= 15 is 0 Å². The Morgan fingerprint density at radius 1 is 1.06 bits per heavy atom. The number of nitriles is 1. The predicted molar refractivity (Wildman–Crippen MR) is 121 cm³/mol. The molecule has 1 N–H and O–H groups in total. The zero-order chi connectivity index (χ0) is 24.0. The number of nitrogens with one attached hydrogen (secondary N) is 1. The number of hydrogen-bond donors (Lipinski definition) is 1. The lowest BCUT2D eigenvalue weighted by Crippen LogP contribution is -2.14. The summed E-state index contributed by atoms with van der Waals surface area (Å²) in [5, 5.41) is 22.8. The van der Waals surface area contributed by atoms with Crippen molar-refractivity contribution in [1.82, 2.24) is 0 Å². The van der Waals surface area contributed by atoms with Gasteiger partial charge in [0.25, 0.3) is 11.6 Å². The third-order valence-electron chi connectivity index (χ3n) is 4.43. The van der Waals surface area contributed by atoms with Crippen LogP contribution in [0.4, 0.5) is 11.4 Å². The van der Waals surface area contributed by atoms with E-state index in [-0.39, 0.29) is 27.5 Å².